The van der Waals surface area contributed by atoms with Crippen LogP contribution in [0, 0.1) is 5.92 Å². The van der Waals surface area contributed by atoms with Crippen LogP contribution in [0.15, 0.2) is 36.2 Å². The number of fused-ring (bicyclic) bond motifs is 3. The van der Waals surface area contributed by atoms with E-state index in [0.717, 1.165) is 61.0 Å². The third kappa shape index (κ3) is 5.55. The van der Waals surface area contributed by atoms with Gasteiger partial charge < -0.3 is 30.2 Å². The molecule has 1 amide bonds. The second-order valence-electron chi connectivity index (χ2n) is 13.5. The van der Waals surface area contributed by atoms with Crippen molar-refractivity contribution in [2.24, 2.45) is 5.92 Å². The lowest BCUT2D eigenvalue weighted by atomic mass is 9.72. The fourth-order valence-electron chi connectivity index (χ4n) is 8.65. The van der Waals surface area contributed by atoms with Crippen molar-refractivity contribution in [1.82, 2.24) is 25.4 Å². The van der Waals surface area contributed by atoms with Crippen LogP contribution in [-0.2, 0) is 16.0 Å². The molecule has 238 valence electrons. The van der Waals surface area contributed by atoms with Gasteiger partial charge in [0.2, 0.25) is 0 Å². The van der Waals surface area contributed by atoms with Crippen molar-refractivity contribution in [2.45, 2.75) is 98.6 Å². The highest BCUT2D eigenvalue weighted by Gasteiger charge is 2.57. The summed E-state index contributed by atoms with van der Waals surface area (Å²) in [6, 6.07) is 6.41. The van der Waals surface area contributed by atoms with Gasteiger partial charge in [0.15, 0.2) is 5.78 Å². The summed E-state index contributed by atoms with van der Waals surface area (Å²) in [5.41, 5.74) is 2.29. The maximum atomic E-state index is 16.1. The van der Waals surface area contributed by atoms with E-state index < -0.39 is 12.1 Å². The van der Waals surface area contributed by atoms with Gasteiger partial charge in [0.25, 0.3) is 5.91 Å². The van der Waals surface area contributed by atoms with Gasteiger partial charge in [0.05, 0.1) is 24.8 Å². The number of rotatable bonds is 9. The Morgan fingerprint density at radius 1 is 1.18 bits per heavy atom. The Bertz CT molecular complexity index is 1410. The van der Waals surface area contributed by atoms with Crippen LogP contribution in [0.5, 0.6) is 5.75 Å². The van der Waals surface area contributed by atoms with E-state index in [9.17, 15) is 9.59 Å². The third-order valence-electron chi connectivity index (χ3n) is 11.0. The number of carbonyl (C=O) groups is 2. The lowest BCUT2D eigenvalue weighted by Gasteiger charge is -2.59. The predicted octanol–water partition coefficient (Wildman–Crippen LogP) is 4.20. The Hall–Kier alpha value is -2.56. The number of H-pyrrole nitrogens is 1. The Labute approximate surface area is 263 Å². The average molecular weight is 624 g/mol. The average Bonchev–Trinajstić information content (AvgIpc) is 3.64. The molecule has 0 bridgehead atoms. The van der Waals surface area contributed by atoms with Gasteiger partial charge in [0.1, 0.15) is 11.9 Å². The molecule has 4 fully saturated rings. The highest BCUT2D eigenvalue weighted by atomic mass is 32.2. The number of aromatic amines is 1. The zero-order valence-corrected chi connectivity index (χ0v) is 26.7. The van der Waals surface area contributed by atoms with Crippen molar-refractivity contribution in [3.05, 3.63) is 41.7 Å². The quantitative estimate of drug-likeness (QED) is 0.361. The number of amides is 1. The Balaban J connectivity index is 1.07. The van der Waals surface area contributed by atoms with E-state index >= 15 is 4.39 Å². The summed E-state index contributed by atoms with van der Waals surface area (Å²) in [7, 11) is 3.84. The van der Waals surface area contributed by atoms with Crippen molar-refractivity contribution >= 4 is 34.4 Å². The fourth-order valence-corrected chi connectivity index (χ4v) is 10.7. The number of benzene rings is 1. The molecule has 44 heavy (non-hydrogen) atoms. The van der Waals surface area contributed by atoms with Crippen molar-refractivity contribution in [1.29, 1.82) is 0 Å². The molecule has 8 unspecified atom stereocenters. The maximum absolute atomic E-state index is 16.1. The normalized spacial score (nSPS) is 33.6. The van der Waals surface area contributed by atoms with E-state index in [4.69, 9.17) is 4.74 Å². The number of aromatic nitrogens is 1. The number of methoxy groups -OCH3 is 1. The maximum Gasteiger partial charge on any atom is 0.256 e. The summed E-state index contributed by atoms with van der Waals surface area (Å²) >= 11 is 1.93. The summed E-state index contributed by atoms with van der Waals surface area (Å²) in [6.07, 6.45) is 11.5. The number of ketones is 1. The van der Waals surface area contributed by atoms with Crippen molar-refractivity contribution in [3.63, 3.8) is 0 Å². The number of nitrogens with one attached hydrogen (secondary N) is 3. The molecule has 2 aromatic rings. The first-order valence-corrected chi connectivity index (χ1v) is 17.6. The SMILES string of the molecule is COc1ccc2[nH]cc(CCNC(=O)C3=CN4C5CCCCC5SC5C(NCCC6CCCN6C)C(F)CC(C3=O)C54)c2c1. The Morgan fingerprint density at radius 2 is 2.05 bits per heavy atom. The summed E-state index contributed by atoms with van der Waals surface area (Å²) < 4.78 is 21.4. The number of likely N-dealkylation sites (tertiary alicyclic amines) is 1. The number of carbonyl (C=O) groups excluding carboxylic acids is 2. The number of hydrogen-bond acceptors (Lipinski definition) is 7. The third-order valence-corrected chi connectivity index (χ3v) is 12.8. The molecule has 4 heterocycles. The fraction of sp³-hybridized carbons (Fsp3) is 0.647. The van der Waals surface area contributed by atoms with Gasteiger partial charge in [-0.1, -0.05) is 12.8 Å². The van der Waals surface area contributed by atoms with Crippen molar-refractivity contribution in [2.75, 3.05) is 33.8 Å². The molecule has 8 atom stereocenters. The van der Waals surface area contributed by atoms with Crippen LogP contribution in [0.1, 0.15) is 56.9 Å². The van der Waals surface area contributed by atoms with Gasteiger partial charge >= 0.3 is 0 Å². The van der Waals surface area contributed by atoms with Crippen LogP contribution in [-0.4, -0.2) is 101 Å². The molecule has 3 aliphatic heterocycles. The monoisotopic (exact) mass is 623 g/mol. The standard InChI is InChI=1S/C34H46FN5O3S/c1-39-15-5-6-21(39)12-14-36-30-26(35)17-24-31-33(30)44-29-8-4-3-7-28(29)40(31)19-25(32(24)41)34(42)37-13-11-20-18-38-27-10-9-22(43-2)16-23(20)27/h9-10,16,18-19,21,24,26,28-31,33,36,38H,3-8,11-15,17H2,1-2H3,(H,37,42). The summed E-state index contributed by atoms with van der Waals surface area (Å²) in [4.78, 5) is 35.5. The molecule has 0 radical (unpaired) electrons. The predicted molar refractivity (Wildman–Crippen MR) is 173 cm³/mol. The molecule has 2 saturated carbocycles. The topological polar surface area (TPSA) is 89.7 Å². The number of Topliss-reactive ketones (excluding diaryl/α,β-unsaturated/α-hetero) is 1. The molecular formula is C34H46FN5O3S. The second kappa shape index (κ2) is 12.7. The second-order valence-corrected chi connectivity index (χ2v) is 14.9. The minimum absolute atomic E-state index is 0.00641. The zero-order valence-electron chi connectivity index (χ0n) is 25.9. The summed E-state index contributed by atoms with van der Waals surface area (Å²) in [5.74, 6) is -0.235. The minimum Gasteiger partial charge on any atom is -0.497 e. The molecule has 7 rings (SSSR count). The summed E-state index contributed by atoms with van der Waals surface area (Å²) in [5, 5.41) is 8.11. The first kappa shape index (κ1) is 30.1. The minimum atomic E-state index is -1.11. The van der Waals surface area contributed by atoms with Crippen molar-refractivity contribution in [3.8, 4) is 5.75 Å². The molecular weight excluding hydrogens is 577 g/mol. The number of nitrogens with zero attached hydrogens (tertiary/aromatic N) is 2. The first-order valence-electron chi connectivity index (χ1n) is 16.6. The van der Waals surface area contributed by atoms with E-state index in [1.54, 1.807) is 7.11 Å². The van der Waals surface area contributed by atoms with E-state index in [-0.39, 0.29) is 41.0 Å². The van der Waals surface area contributed by atoms with Crippen LogP contribution >= 0.6 is 11.8 Å². The van der Waals surface area contributed by atoms with Gasteiger partial charge in [-0.15, -0.1) is 11.8 Å². The zero-order chi connectivity index (χ0) is 30.4. The van der Waals surface area contributed by atoms with E-state index in [1.807, 2.05) is 42.4 Å². The smallest absolute Gasteiger partial charge is 0.256 e. The lowest BCUT2D eigenvalue weighted by molar-refractivity contribution is -0.130. The van der Waals surface area contributed by atoms with Gasteiger partial charge in [-0.2, -0.15) is 0 Å². The highest BCUT2D eigenvalue weighted by molar-refractivity contribution is 8.00. The molecule has 2 saturated heterocycles. The Kier molecular flexibility index (Phi) is 8.68. The van der Waals surface area contributed by atoms with Crippen molar-refractivity contribution < 1.29 is 18.7 Å². The molecule has 0 spiro atoms. The number of halogens is 1. The van der Waals surface area contributed by atoms with E-state index in [1.165, 1.54) is 19.3 Å². The molecule has 1 aromatic carbocycles. The molecule has 3 N–H and O–H groups in total. The van der Waals surface area contributed by atoms with Gasteiger partial charge in [-0.25, -0.2) is 4.39 Å². The number of alkyl halides is 1. The molecule has 10 heteroatoms. The van der Waals surface area contributed by atoms with Gasteiger partial charge in [0, 0.05) is 58.3 Å². The Morgan fingerprint density at radius 3 is 2.86 bits per heavy atom. The highest BCUT2D eigenvalue weighted by Crippen LogP contribution is 2.51. The summed E-state index contributed by atoms with van der Waals surface area (Å²) in [6.45, 7) is 2.34. The van der Waals surface area contributed by atoms with Crippen LogP contribution < -0.4 is 15.4 Å². The van der Waals surface area contributed by atoms with Crippen LogP contribution in [0.25, 0.3) is 10.9 Å². The first-order chi connectivity index (χ1) is 21.4. The molecule has 8 nitrogen and oxygen atoms in total. The molecule has 5 aliphatic rings. The number of ether oxygens (including phenoxy) is 1. The van der Waals surface area contributed by atoms with Gasteiger partial charge in [-0.05, 0) is 88.8 Å². The van der Waals surface area contributed by atoms with Crippen LogP contribution in [0.3, 0.4) is 0 Å². The molecule has 2 aliphatic carbocycles. The number of thioether (sulfide) groups is 1. The van der Waals surface area contributed by atoms with Crippen LogP contribution in [0.2, 0.25) is 0 Å². The van der Waals surface area contributed by atoms with E-state index in [2.05, 4.69) is 32.5 Å². The van der Waals surface area contributed by atoms with E-state index in [0.29, 0.717) is 30.3 Å². The number of hydrogen-bond donors (Lipinski definition) is 3. The lowest BCUT2D eigenvalue weighted by Crippen LogP contribution is -2.70. The largest absolute Gasteiger partial charge is 0.497 e. The van der Waals surface area contributed by atoms with Crippen LogP contribution in [0.4, 0.5) is 4.39 Å². The molecule has 1 aromatic heterocycles. The van der Waals surface area contributed by atoms with Gasteiger partial charge in [-0.3, -0.25) is 9.59 Å².